The van der Waals surface area contributed by atoms with Gasteiger partial charge < -0.3 is 4.74 Å². The van der Waals surface area contributed by atoms with E-state index in [1.165, 1.54) is 11.3 Å². The Bertz CT molecular complexity index is 1410. The van der Waals surface area contributed by atoms with E-state index in [1.807, 2.05) is 67.6 Å². The molecule has 0 saturated heterocycles. The van der Waals surface area contributed by atoms with Crippen LogP contribution in [-0.4, -0.2) is 15.9 Å². The van der Waals surface area contributed by atoms with E-state index in [2.05, 4.69) is 24.0 Å². The number of rotatable bonds is 6. The zero-order chi connectivity index (χ0) is 23.5. The van der Waals surface area contributed by atoms with Crippen LogP contribution in [0.25, 0.3) is 10.2 Å². The van der Waals surface area contributed by atoms with Crippen LogP contribution in [0.1, 0.15) is 27.2 Å². The van der Waals surface area contributed by atoms with Crippen LogP contribution in [0, 0.1) is 13.8 Å². The SMILES string of the molecule is Cc1ccc(C)c2sc(N(Cc3ccccn3)C(=O)c3cccc(Oc4ccccc4)c3)nc12. The molecule has 0 unspecified atom stereocenters. The number of hydrogen-bond donors (Lipinski definition) is 0. The minimum absolute atomic E-state index is 0.154. The Balaban J connectivity index is 1.53. The van der Waals surface area contributed by atoms with Crippen molar-refractivity contribution in [2.24, 2.45) is 0 Å². The van der Waals surface area contributed by atoms with Crippen molar-refractivity contribution < 1.29 is 9.53 Å². The molecule has 2 heterocycles. The molecule has 3 aromatic carbocycles. The maximum atomic E-state index is 13.8. The molecule has 0 atom stereocenters. The monoisotopic (exact) mass is 465 g/mol. The van der Waals surface area contributed by atoms with Gasteiger partial charge in [0.05, 0.1) is 22.5 Å². The first-order valence-electron chi connectivity index (χ1n) is 11.0. The zero-order valence-electron chi connectivity index (χ0n) is 18.9. The number of ether oxygens (including phenoxy) is 1. The molecule has 5 rings (SSSR count). The maximum absolute atomic E-state index is 13.8. The van der Waals surface area contributed by atoms with Crippen LogP contribution in [0.5, 0.6) is 11.5 Å². The Morgan fingerprint density at radius 2 is 1.65 bits per heavy atom. The molecule has 5 nitrogen and oxygen atoms in total. The minimum Gasteiger partial charge on any atom is -0.457 e. The van der Waals surface area contributed by atoms with Crippen molar-refractivity contribution in [3.63, 3.8) is 0 Å². The first-order chi connectivity index (χ1) is 16.6. The lowest BCUT2D eigenvalue weighted by atomic mass is 10.1. The summed E-state index contributed by atoms with van der Waals surface area (Å²) in [7, 11) is 0. The molecule has 0 fully saturated rings. The van der Waals surface area contributed by atoms with Crippen molar-refractivity contribution in [3.05, 3.63) is 114 Å². The third-order valence-electron chi connectivity index (χ3n) is 5.51. The zero-order valence-corrected chi connectivity index (χ0v) is 19.8. The summed E-state index contributed by atoms with van der Waals surface area (Å²) in [5, 5.41) is 0.650. The fourth-order valence-corrected chi connectivity index (χ4v) is 4.83. The van der Waals surface area contributed by atoms with Gasteiger partial charge in [-0.2, -0.15) is 0 Å². The first-order valence-corrected chi connectivity index (χ1v) is 11.8. The number of aromatic nitrogens is 2. The van der Waals surface area contributed by atoms with Crippen LogP contribution in [0.4, 0.5) is 5.13 Å². The number of carbonyl (C=O) groups is 1. The number of nitrogens with zero attached hydrogens (tertiary/aromatic N) is 3. The number of carbonyl (C=O) groups excluding carboxylic acids is 1. The van der Waals surface area contributed by atoms with Crippen molar-refractivity contribution in [3.8, 4) is 11.5 Å². The van der Waals surface area contributed by atoms with Gasteiger partial charge in [0, 0.05) is 11.8 Å². The maximum Gasteiger partial charge on any atom is 0.260 e. The smallest absolute Gasteiger partial charge is 0.260 e. The number of anilines is 1. The highest BCUT2D eigenvalue weighted by atomic mass is 32.1. The molecular weight excluding hydrogens is 442 g/mol. The first kappa shape index (κ1) is 21.8. The van der Waals surface area contributed by atoms with Gasteiger partial charge in [0.2, 0.25) is 0 Å². The van der Waals surface area contributed by atoms with E-state index in [0.29, 0.717) is 23.0 Å². The number of fused-ring (bicyclic) bond motifs is 1. The predicted octanol–water partition coefficient (Wildman–Crippen LogP) is 6.95. The van der Waals surface area contributed by atoms with Crippen molar-refractivity contribution in [2.75, 3.05) is 4.90 Å². The fourth-order valence-electron chi connectivity index (χ4n) is 3.72. The number of amides is 1. The number of pyridine rings is 1. The Hall–Kier alpha value is -4.03. The lowest BCUT2D eigenvalue weighted by Gasteiger charge is -2.20. The molecule has 34 heavy (non-hydrogen) atoms. The van der Waals surface area contributed by atoms with Crippen LogP contribution in [0.15, 0.2) is 91.1 Å². The van der Waals surface area contributed by atoms with Gasteiger partial charge >= 0.3 is 0 Å². The van der Waals surface area contributed by atoms with Crippen LogP contribution >= 0.6 is 11.3 Å². The molecule has 0 aliphatic heterocycles. The number of benzene rings is 3. The molecular formula is C28H23N3O2S. The van der Waals surface area contributed by atoms with E-state index in [-0.39, 0.29) is 5.91 Å². The number of thiazole rings is 1. The van der Waals surface area contributed by atoms with E-state index in [1.54, 1.807) is 23.2 Å². The van der Waals surface area contributed by atoms with E-state index < -0.39 is 0 Å². The van der Waals surface area contributed by atoms with E-state index in [0.717, 1.165) is 32.8 Å². The molecule has 0 bridgehead atoms. The van der Waals surface area contributed by atoms with Gasteiger partial charge in [-0.05, 0) is 67.4 Å². The minimum atomic E-state index is -0.154. The lowest BCUT2D eigenvalue weighted by Crippen LogP contribution is -2.30. The second-order valence-electron chi connectivity index (χ2n) is 8.03. The van der Waals surface area contributed by atoms with Gasteiger partial charge in [0.25, 0.3) is 5.91 Å². The van der Waals surface area contributed by atoms with E-state index in [4.69, 9.17) is 9.72 Å². The second kappa shape index (κ2) is 9.45. The average Bonchev–Trinajstić information content (AvgIpc) is 3.33. The van der Waals surface area contributed by atoms with Gasteiger partial charge in [-0.15, -0.1) is 0 Å². The molecule has 1 amide bonds. The molecule has 0 saturated carbocycles. The van der Waals surface area contributed by atoms with Crippen molar-refractivity contribution in [2.45, 2.75) is 20.4 Å². The number of para-hydroxylation sites is 1. The summed E-state index contributed by atoms with van der Waals surface area (Å²) in [6.07, 6.45) is 1.74. The standard InChI is InChI=1S/C28H23N3O2S/c1-19-14-15-20(2)26-25(19)30-28(34-26)31(18-22-10-6-7-16-29-22)27(32)21-9-8-13-24(17-21)33-23-11-4-3-5-12-23/h3-17H,18H2,1-2H3. The normalized spacial score (nSPS) is 10.9. The molecule has 168 valence electrons. The van der Waals surface area contributed by atoms with Crippen LogP contribution in [-0.2, 0) is 6.54 Å². The van der Waals surface area contributed by atoms with Gasteiger partial charge in [-0.25, -0.2) is 4.98 Å². The summed E-state index contributed by atoms with van der Waals surface area (Å²) in [5.74, 6) is 1.17. The third-order valence-corrected chi connectivity index (χ3v) is 6.73. The summed E-state index contributed by atoms with van der Waals surface area (Å²) < 4.78 is 7.05. The highest BCUT2D eigenvalue weighted by Crippen LogP contribution is 2.34. The summed E-state index contributed by atoms with van der Waals surface area (Å²) in [6.45, 7) is 4.43. The van der Waals surface area contributed by atoms with Crippen LogP contribution < -0.4 is 9.64 Å². The molecule has 0 aliphatic carbocycles. The number of aryl methyl sites for hydroxylation is 2. The highest BCUT2D eigenvalue weighted by Gasteiger charge is 2.23. The van der Waals surface area contributed by atoms with Crippen molar-refractivity contribution in [1.29, 1.82) is 0 Å². The Morgan fingerprint density at radius 3 is 2.41 bits per heavy atom. The van der Waals surface area contributed by atoms with Gasteiger partial charge in [0.15, 0.2) is 5.13 Å². The molecule has 0 radical (unpaired) electrons. The summed E-state index contributed by atoms with van der Waals surface area (Å²) in [6, 6.07) is 26.6. The van der Waals surface area contributed by atoms with Crippen molar-refractivity contribution >= 4 is 32.6 Å². The van der Waals surface area contributed by atoms with Crippen molar-refractivity contribution in [1.82, 2.24) is 9.97 Å². The molecule has 5 aromatic rings. The summed E-state index contributed by atoms with van der Waals surface area (Å²) >= 11 is 1.53. The van der Waals surface area contributed by atoms with E-state index in [9.17, 15) is 4.79 Å². The molecule has 0 N–H and O–H groups in total. The summed E-state index contributed by atoms with van der Waals surface area (Å²) in [4.78, 5) is 24.8. The quantitative estimate of drug-likeness (QED) is 0.272. The Kier molecular flexibility index (Phi) is 6.06. The Morgan fingerprint density at radius 1 is 0.882 bits per heavy atom. The highest BCUT2D eigenvalue weighted by molar-refractivity contribution is 7.22. The lowest BCUT2D eigenvalue weighted by molar-refractivity contribution is 0.0984. The van der Waals surface area contributed by atoms with Crippen LogP contribution in [0.2, 0.25) is 0 Å². The number of hydrogen-bond acceptors (Lipinski definition) is 5. The molecule has 2 aromatic heterocycles. The van der Waals surface area contributed by atoms with Gasteiger partial charge in [-0.1, -0.05) is 53.8 Å². The summed E-state index contributed by atoms with van der Waals surface area (Å²) in [5.41, 5.74) is 4.48. The van der Waals surface area contributed by atoms with E-state index >= 15 is 0 Å². The Labute approximate surface area is 202 Å². The molecule has 6 heteroatoms. The molecule has 0 spiro atoms. The van der Waals surface area contributed by atoms with Gasteiger partial charge in [0.1, 0.15) is 11.5 Å². The van der Waals surface area contributed by atoms with Gasteiger partial charge in [-0.3, -0.25) is 14.7 Å². The topological polar surface area (TPSA) is 55.3 Å². The fraction of sp³-hybridized carbons (Fsp3) is 0.107. The van der Waals surface area contributed by atoms with Crippen LogP contribution in [0.3, 0.4) is 0 Å². The third kappa shape index (κ3) is 4.54. The largest absolute Gasteiger partial charge is 0.457 e. The predicted molar refractivity (Wildman–Crippen MR) is 137 cm³/mol. The second-order valence-corrected chi connectivity index (χ2v) is 9.01. The molecule has 0 aliphatic rings. The average molecular weight is 466 g/mol.